The van der Waals surface area contributed by atoms with Crippen molar-refractivity contribution >= 4 is 11.6 Å². The van der Waals surface area contributed by atoms with Gasteiger partial charge in [-0.3, -0.25) is 0 Å². The Morgan fingerprint density at radius 2 is 2.14 bits per heavy atom. The zero-order chi connectivity index (χ0) is 15.4. The number of aliphatic imine (C=N–C) groups is 1. The molecule has 0 atom stereocenters. The molecule has 1 aliphatic rings. The summed E-state index contributed by atoms with van der Waals surface area (Å²) in [5.41, 5.74) is 10.8. The van der Waals surface area contributed by atoms with Crippen LogP contribution in [0, 0.1) is 6.92 Å². The molecule has 5 heteroatoms. The molecule has 1 heterocycles. The third kappa shape index (κ3) is 3.42. The number of rotatable bonds is 3. The second kappa shape index (κ2) is 6.56. The molecule has 0 fully saturated rings. The van der Waals surface area contributed by atoms with Gasteiger partial charge in [-0.05, 0) is 55.9 Å². The van der Waals surface area contributed by atoms with Crippen LogP contribution in [0.1, 0.15) is 35.5 Å². The summed E-state index contributed by atoms with van der Waals surface area (Å²) in [4.78, 5) is 12.8. The molecule has 2 aromatic rings. The third-order valence-electron chi connectivity index (χ3n) is 3.90. The summed E-state index contributed by atoms with van der Waals surface area (Å²) in [5.74, 6) is 1.17. The number of hydrogen-bond donors (Lipinski definition) is 2. The fraction of sp³-hybridized carbons (Fsp3) is 0.353. The van der Waals surface area contributed by atoms with Crippen molar-refractivity contribution in [3.63, 3.8) is 0 Å². The second-order valence-electron chi connectivity index (χ2n) is 5.57. The van der Waals surface area contributed by atoms with Crippen molar-refractivity contribution in [1.29, 1.82) is 0 Å². The van der Waals surface area contributed by atoms with Gasteiger partial charge in [-0.25, -0.2) is 15.0 Å². The van der Waals surface area contributed by atoms with Crippen LogP contribution in [0.5, 0.6) is 0 Å². The lowest BCUT2D eigenvalue weighted by Crippen LogP contribution is -2.24. The van der Waals surface area contributed by atoms with Crippen molar-refractivity contribution in [3.05, 3.63) is 53.1 Å². The molecule has 0 saturated heterocycles. The summed E-state index contributed by atoms with van der Waals surface area (Å²) in [7, 11) is 0. The van der Waals surface area contributed by atoms with Crippen molar-refractivity contribution < 1.29 is 0 Å². The normalized spacial score (nSPS) is 14.5. The van der Waals surface area contributed by atoms with Gasteiger partial charge in [0.1, 0.15) is 5.82 Å². The van der Waals surface area contributed by atoms with Crippen LogP contribution < -0.4 is 11.1 Å². The van der Waals surface area contributed by atoms with Crippen molar-refractivity contribution in [1.82, 2.24) is 9.97 Å². The highest BCUT2D eigenvalue weighted by atomic mass is 15.1. The van der Waals surface area contributed by atoms with Gasteiger partial charge in [0, 0.05) is 11.9 Å². The number of aromatic nitrogens is 2. The molecule has 0 aliphatic heterocycles. The van der Waals surface area contributed by atoms with E-state index >= 15 is 0 Å². The average molecular weight is 295 g/mol. The summed E-state index contributed by atoms with van der Waals surface area (Å²) in [6.07, 6.45) is 6.51. The number of benzene rings is 1. The number of guanidine groups is 1. The van der Waals surface area contributed by atoms with E-state index in [9.17, 15) is 0 Å². The first-order valence-corrected chi connectivity index (χ1v) is 7.68. The monoisotopic (exact) mass is 295 g/mol. The van der Waals surface area contributed by atoms with E-state index in [4.69, 9.17) is 5.73 Å². The first kappa shape index (κ1) is 14.5. The average Bonchev–Trinajstić information content (AvgIpc) is 2.53. The Bertz CT molecular complexity index is 693. The van der Waals surface area contributed by atoms with E-state index in [1.807, 2.05) is 13.0 Å². The Hall–Kier alpha value is -2.43. The van der Waals surface area contributed by atoms with E-state index in [1.54, 1.807) is 6.20 Å². The van der Waals surface area contributed by atoms with Crippen LogP contribution in [0.2, 0.25) is 0 Å². The summed E-state index contributed by atoms with van der Waals surface area (Å²) in [5, 5.41) is 3.24. The van der Waals surface area contributed by atoms with Gasteiger partial charge in [0.15, 0.2) is 5.96 Å². The minimum absolute atomic E-state index is 0.426. The predicted octanol–water partition coefficient (Wildman–Crippen LogP) is 2.59. The molecular weight excluding hydrogens is 274 g/mol. The van der Waals surface area contributed by atoms with Crippen LogP contribution in [0.3, 0.4) is 0 Å². The van der Waals surface area contributed by atoms with Crippen molar-refractivity contribution in [2.45, 2.75) is 39.2 Å². The van der Waals surface area contributed by atoms with E-state index in [0.717, 1.165) is 30.0 Å². The number of anilines is 1. The highest BCUT2D eigenvalue weighted by Crippen LogP contribution is 2.27. The molecule has 0 saturated carbocycles. The largest absolute Gasteiger partial charge is 0.370 e. The highest BCUT2D eigenvalue weighted by Gasteiger charge is 2.13. The number of nitrogens with two attached hydrogens (primary N) is 1. The molecule has 22 heavy (non-hydrogen) atoms. The standard InChI is InChI=1S/C17H21N5/c1-12-19-10-9-14(21-12)11-20-17(18)22-16-8-4-6-13-5-2-3-7-15(13)16/h4,6,8-10H,2-3,5,7,11H2,1H3,(H3,18,20,22). The van der Waals surface area contributed by atoms with Crippen LogP contribution in [-0.2, 0) is 19.4 Å². The Labute approximate surface area is 130 Å². The molecule has 0 bridgehead atoms. The quantitative estimate of drug-likeness (QED) is 0.674. The SMILES string of the molecule is Cc1nccc(CN=C(N)Nc2cccc3c2CCCC3)n1. The molecule has 0 spiro atoms. The van der Waals surface area contributed by atoms with E-state index < -0.39 is 0 Å². The van der Waals surface area contributed by atoms with Crippen molar-refractivity contribution in [3.8, 4) is 0 Å². The molecule has 3 N–H and O–H groups in total. The maximum atomic E-state index is 6.02. The molecule has 1 aromatic carbocycles. The van der Waals surface area contributed by atoms with Crippen LogP contribution in [0.15, 0.2) is 35.5 Å². The van der Waals surface area contributed by atoms with Gasteiger partial charge in [0.05, 0.1) is 12.2 Å². The molecule has 0 radical (unpaired) electrons. The number of nitrogens with zero attached hydrogens (tertiary/aromatic N) is 3. The Morgan fingerprint density at radius 3 is 3.00 bits per heavy atom. The molecular formula is C17H21N5. The molecule has 5 nitrogen and oxygen atoms in total. The van der Waals surface area contributed by atoms with E-state index in [1.165, 1.54) is 24.0 Å². The number of fused-ring (bicyclic) bond motifs is 1. The minimum atomic E-state index is 0.426. The van der Waals surface area contributed by atoms with E-state index in [0.29, 0.717) is 12.5 Å². The van der Waals surface area contributed by atoms with Gasteiger partial charge in [-0.2, -0.15) is 0 Å². The van der Waals surface area contributed by atoms with Gasteiger partial charge in [-0.15, -0.1) is 0 Å². The van der Waals surface area contributed by atoms with Gasteiger partial charge in [0.2, 0.25) is 0 Å². The lowest BCUT2D eigenvalue weighted by atomic mass is 9.90. The van der Waals surface area contributed by atoms with Gasteiger partial charge in [0.25, 0.3) is 0 Å². The van der Waals surface area contributed by atoms with E-state index in [2.05, 4.69) is 38.5 Å². The molecule has 1 aromatic heterocycles. The first-order chi connectivity index (χ1) is 10.7. The molecule has 1 aliphatic carbocycles. The van der Waals surface area contributed by atoms with Crippen LogP contribution in [0.4, 0.5) is 5.69 Å². The van der Waals surface area contributed by atoms with Gasteiger partial charge < -0.3 is 11.1 Å². The zero-order valence-corrected chi connectivity index (χ0v) is 12.8. The number of hydrogen-bond acceptors (Lipinski definition) is 3. The number of nitrogens with one attached hydrogen (secondary N) is 1. The number of aryl methyl sites for hydroxylation is 2. The third-order valence-corrected chi connectivity index (χ3v) is 3.90. The fourth-order valence-corrected chi connectivity index (χ4v) is 2.84. The Balaban J connectivity index is 1.71. The van der Waals surface area contributed by atoms with Crippen molar-refractivity contribution in [2.24, 2.45) is 10.7 Å². The van der Waals surface area contributed by atoms with Crippen LogP contribution in [-0.4, -0.2) is 15.9 Å². The first-order valence-electron chi connectivity index (χ1n) is 7.68. The molecule has 3 rings (SSSR count). The van der Waals surface area contributed by atoms with Crippen molar-refractivity contribution in [2.75, 3.05) is 5.32 Å². The summed E-state index contributed by atoms with van der Waals surface area (Å²) >= 11 is 0. The highest BCUT2D eigenvalue weighted by molar-refractivity contribution is 5.93. The summed E-state index contributed by atoms with van der Waals surface area (Å²) in [6, 6.07) is 8.21. The van der Waals surface area contributed by atoms with Gasteiger partial charge >= 0.3 is 0 Å². The maximum Gasteiger partial charge on any atom is 0.193 e. The summed E-state index contributed by atoms with van der Waals surface area (Å²) in [6.45, 7) is 2.32. The summed E-state index contributed by atoms with van der Waals surface area (Å²) < 4.78 is 0. The second-order valence-corrected chi connectivity index (χ2v) is 5.57. The van der Waals surface area contributed by atoms with Crippen LogP contribution >= 0.6 is 0 Å². The molecule has 114 valence electrons. The molecule has 0 amide bonds. The lowest BCUT2D eigenvalue weighted by Gasteiger charge is -2.19. The zero-order valence-electron chi connectivity index (χ0n) is 12.8. The van der Waals surface area contributed by atoms with Gasteiger partial charge in [-0.1, -0.05) is 12.1 Å². The minimum Gasteiger partial charge on any atom is -0.370 e. The predicted molar refractivity (Wildman–Crippen MR) is 88.8 cm³/mol. The molecule has 0 unspecified atom stereocenters. The van der Waals surface area contributed by atoms with E-state index in [-0.39, 0.29) is 0 Å². The smallest absolute Gasteiger partial charge is 0.193 e. The lowest BCUT2D eigenvalue weighted by molar-refractivity contribution is 0.687. The Kier molecular flexibility index (Phi) is 4.32. The fourth-order valence-electron chi connectivity index (χ4n) is 2.84. The maximum absolute atomic E-state index is 6.02. The topological polar surface area (TPSA) is 76.2 Å². The van der Waals surface area contributed by atoms with Crippen LogP contribution in [0.25, 0.3) is 0 Å². The Morgan fingerprint density at radius 1 is 1.27 bits per heavy atom.